The molecule has 13 heavy (non-hydrogen) atoms. The van der Waals surface area contributed by atoms with Crippen LogP contribution >= 0.6 is 0 Å². The highest BCUT2D eigenvalue weighted by atomic mass is 16.6. The molecule has 0 unspecified atom stereocenters. The molecule has 0 saturated heterocycles. The lowest BCUT2D eigenvalue weighted by Crippen LogP contribution is -1.98. The molecule has 0 aromatic carbocycles. The number of ether oxygens (including phenoxy) is 1. The molecule has 1 aromatic heterocycles. The van der Waals surface area contributed by atoms with Crippen molar-refractivity contribution in [3.63, 3.8) is 0 Å². The first-order valence-corrected chi connectivity index (χ1v) is 3.90. The van der Waals surface area contributed by atoms with Gasteiger partial charge in [-0.1, -0.05) is 0 Å². The van der Waals surface area contributed by atoms with E-state index >= 15 is 0 Å². The zero-order chi connectivity index (χ0) is 9.84. The maximum atomic E-state index is 10.3. The van der Waals surface area contributed by atoms with Gasteiger partial charge in [0.05, 0.1) is 6.61 Å². The van der Waals surface area contributed by atoms with E-state index in [0.717, 1.165) is 0 Å². The van der Waals surface area contributed by atoms with Crippen molar-refractivity contribution in [2.45, 2.75) is 13.8 Å². The fraction of sp³-hybridized carbons (Fsp3) is 0.375. The van der Waals surface area contributed by atoms with Crippen molar-refractivity contribution >= 4 is 5.82 Å². The van der Waals surface area contributed by atoms with Crippen LogP contribution in [0.25, 0.3) is 0 Å². The van der Waals surface area contributed by atoms with Crippen molar-refractivity contribution < 1.29 is 9.66 Å². The smallest absolute Gasteiger partial charge is 0.363 e. The zero-order valence-corrected chi connectivity index (χ0v) is 7.48. The van der Waals surface area contributed by atoms with E-state index in [1.807, 2.05) is 6.92 Å². The summed E-state index contributed by atoms with van der Waals surface area (Å²) in [6.07, 6.45) is 0. The monoisotopic (exact) mass is 182 g/mol. The van der Waals surface area contributed by atoms with E-state index in [0.29, 0.717) is 18.1 Å². The molecule has 0 bridgehead atoms. The van der Waals surface area contributed by atoms with Crippen LogP contribution in [0.5, 0.6) is 5.75 Å². The highest BCUT2D eigenvalue weighted by molar-refractivity contribution is 5.33. The summed E-state index contributed by atoms with van der Waals surface area (Å²) in [7, 11) is 0. The number of aromatic nitrogens is 1. The molecule has 0 aliphatic rings. The average Bonchev–Trinajstić information content (AvgIpc) is 2.08. The molecule has 0 fully saturated rings. The average molecular weight is 182 g/mol. The molecule has 1 heterocycles. The van der Waals surface area contributed by atoms with Crippen molar-refractivity contribution in [1.29, 1.82) is 0 Å². The van der Waals surface area contributed by atoms with E-state index in [1.165, 1.54) is 6.07 Å². The number of aryl methyl sites for hydroxylation is 1. The molecule has 0 spiro atoms. The third-order valence-corrected chi connectivity index (χ3v) is 1.51. The van der Waals surface area contributed by atoms with E-state index in [1.54, 1.807) is 13.0 Å². The Bertz CT molecular complexity index is 325. The molecule has 5 heteroatoms. The number of nitro groups is 1. The van der Waals surface area contributed by atoms with Gasteiger partial charge in [-0.25, -0.2) is 0 Å². The Hall–Kier alpha value is -1.65. The van der Waals surface area contributed by atoms with Crippen LogP contribution in [0.15, 0.2) is 12.1 Å². The van der Waals surface area contributed by atoms with Gasteiger partial charge in [0, 0.05) is 13.0 Å². The maximum absolute atomic E-state index is 10.3. The molecule has 0 radical (unpaired) electrons. The van der Waals surface area contributed by atoms with Gasteiger partial charge in [0.25, 0.3) is 0 Å². The summed E-state index contributed by atoms with van der Waals surface area (Å²) < 4.78 is 5.19. The molecule has 0 atom stereocenters. The molecule has 0 aliphatic heterocycles. The van der Waals surface area contributed by atoms with E-state index in [4.69, 9.17) is 4.74 Å². The molecule has 0 saturated carbocycles. The largest absolute Gasteiger partial charge is 0.490 e. The first kappa shape index (κ1) is 9.44. The second-order valence-electron chi connectivity index (χ2n) is 2.44. The van der Waals surface area contributed by atoms with Gasteiger partial charge in [-0.05, 0) is 22.9 Å². The molecule has 0 amide bonds. The number of nitrogens with zero attached hydrogens (tertiary/aromatic N) is 2. The minimum atomic E-state index is -0.525. The Morgan fingerprint density at radius 3 is 2.77 bits per heavy atom. The SMILES string of the molecule is CCOc1ccc([N+](=O)[O-])nc1C. The molecular formula is C8H10N2O3. The van der Waals surface area contributed by atoms with Crippen molar-refractivity contribution in [2.24, 2.45) is 0 Å². The Morgan fingerprint density at radius 1 is 1.62 bits per heavy atom. The lowest BCUT2D eigenvalue weighted by atomic mass is 10.3. The molecule has 1 rings (SSSR count). The Labute approximate surface area is 75.5 Å². The van der Waals surface area contributed by atoms with Crippen LogP contribution in [0.3, 0.4) is 0 Å². The molecule has 1 aromatic rings. The highest BCUT2D eigenvalue weighted by Crippen LogP contribution is 2.18. The van der Waals surface area contributed by atoms with Gasteiger partial charge in [-0.3, -0.25) is 0 Å². The van der Waals surface area contributed by atoms with Crippen LogP contribution in [0.4, 0.5) is 5.82 Å². The topological polar surface area (TPSA) is 65.3 Å². The first-order chi connectivity index (χ1) is 6.15. The fourth-order valence-electron chi connectivity index (χ4n) is 0.945. The van der Waals surface area contributed by atoms with Crippen LogP contribution in [0.1, 0.15) is 12.6 Å². The Morgan fingerprint density at radius 2 is 2.31 bits per heavy atom. The number of pyridine rings is 1. The van der Waals surface area contributed by atoms with Crippen LogP contribution in [0, 0.1) is 17.0 Å². The molecule has 0 aliphatic carbocycles. The normalized spacial score (nSPS) is 9.69. The number of rotatable bonds is 3. The summed E-state index contributed by atoms with van der Waals surface area (Å²) in [6, 6.07) is 2.89. The predicted molar refractivity (Wildman–Crippen MR) is 46.8 cm³/mol. The minimum absolute atomic E-state index is 0.152. The maximum Gasteiger partial charge on any atom is 0.363 e. The summed E-state index contributed by atoms with van der Waals surface area (Å²) >= 11 is 0. The van der Waals surface area contributed by atoms with Crippen LogP contribution in [-0.2, 0) is 0 Å². The molecular weight excluding hydrogens is 172 g/mol. The second-order valence-corrected chi connectivity index (χ2v) is 2.44. The zero-order valence-electron chi connectivity index (χ0n) is 7.48. The van der Waals surface area contributed by atoms with Crippen molar-refractivity contribution in [3.05, 3.63) is 27.9 Å². The molecule has 5 nitrogen and oxygen atoms in total. The summed E-state index contributed by atoms with van der Waals surface area (Å²) in [5, 5.41) is 10.3. The Kier molecular flexibility index (Phi) is 2.79. The lowest BCUT2D eigenvalue weighted by molar-refractivity contribution is -0.389. The van der Waals surface area contributed by atoms with Crippen molar-refractivity contribution in [2.75, 3.05) is 6.61 Å². The van der Waals surface area contributed by atoms with Gasteiger partial charge in [0.1, 0.15) is 0 Å². The number of hydrogen-bond acceptors (Lipinski definition) is 4. The first-order valence-electron chi connectivity index (χ1n) is 3.90. The van der Waals surface area contributed by atoms with Gasteiger partial charge in [-0.15, -0.1) is 0 Å². The van der Waals surface area contributed by atoms with Crippen LogP contribution in [0.2, 0.25) is 0 Å². The second kappa shape index (κ2) is 3.84. The van der Waals surface area contributed by atoms with Crippen LogP contribution < -0.4 is 4.74 Å². The van der Waals surface area contributed by atoms with E-state index in [2.05, 4.69) is 4.98 Å². The molecule has 0 N–H and O–H groups in total. The van der Waals surface area contributed by atoms with Gasteiger partial charge in [0.15, 0.2) is 11.4 Å². The summed E-state index contributed by atoms with van der Waals surface area (Å²) in [5.74, 6) is 0.439. The van der Waals surface area contributed by atoms with Crippen molar-refractivity contribution in [1.82, 2.24) is 4.98 Å². The summed E-state index contributed by atoms with van der Waals surface area (Å²) in [6.45, 7) is 4.05. The molecule has 70 valence electrons. The fourth-order valence-corrected chi connectivity index (χ4v) is 0.945. The third-order valence-electron chi connectivity index (χ3n) is 1.51. The van der Waals surface area contributed by atoms with Gasteiger partial charge in [0.2, 0.25) is 0 Å². The highest BCUT2D eigenvalue weighted by Gasteiger charge is 2.11. The third kappa shape index (κ3) is 2.14. The predicted octanol–water partition coefficient (Wildman–Crippen LogP) is 1.70. The Balaban J connectivity index is 2.98. The number of hydrogen-bond donors (Lipinski definition) is 0. The van der Waals surface area contributed by atoms with E-state index < -0.39 is 4.92 Å². The van der Waals surface area contributed by atoms with Gasteiger partial charge >= 0.3 is 5.82 Å². The summed E-state index contributed by atoms with van der Waals surface area (Å²) in [5.41, 5.74) is 0.538. The quantitative estimate of drug-likeness (QED) is 0.527. The lowest BCUT2D eigenvalue weighted by Gasteiger charge is -2.02. The van der Waals surface area contributed by atoms with Gasteiger partial charge < -0.3 is 14.9 Å². The van der Waals surface area contributed by atoms with Crippen molar-refractivity contribution in [3.8, 4) is 5.75 Å². The van der Waals surface area contributed by atoms with Crippen LogP contribution in [-0.4, -0.2) is 16.5 Å². The van der Waals surface area contributed by atoms with E-state index in [-0.39, 0.29) is 5.82 Å². The van der Waals surface area contributed by atoms with E-state index in [9.17, 15) is 10.1 Å². The minimum Gasteiger partial charge on any atom is -0.490 e. The summed E-state index contributed by atoms with van der Waals surface area (Å²) in [4.78, 5) is 13.6. The standard InChI is InChI=1S/C8H10N2O3/c1-3-13-7-4-5-8(10(11)12)9-6(7)2/h4-5H,3H2,1-2H3. The van der Waals surface area contributed by atoms with Gasteiger partial charge in [-0.2, -0.15) is 0 Å².